The first-order valence-electron chi connectivity index (χ1n) is 15.4. The molecule has 0 saturated heterocycles. The number of anilines is 2. The highest BCUT2D eigenvalue weighted by Gasteiger charge is 2.15. The smallest absolute Gasteiger partial charge is 0.368 e. The highest BCUT2D eigenvalue weighted by Crippen LogP contribution is 2.19. The number of benzene rings is 4. The molecule has 59 heavy (non-hydrogen) atoms. The van der Waals surface area contributed by atoms with Crippen molar-refractivity contribution in [2.75, 3.05) is 11.5 Å². The molecule has 0 radical (unpaired) electrons. The van der Waals surface area contributed by atoms with Gasteiger partial charge in [0.2, 0.25) is 0 Å². The molecule has 3 heterocycles. The lowest BCUT2D eigenvalue weighted by Gasteiger charge is -2.00. The van der Waals surface area contributed by atoms with Crippen LogP contribution in [0.4, 0.5) is 46.0 Å². The third kappa shape index (κ3) is 11.0. The van der Waals surface area contributed by atoms with Gasteiger partial charge in [-0.15, -0.1) is 0 Å². The lowest BCUT2D eigenvalue weighted by atomic mass is 10.3. The van der Waals surface area contributed by atoms with E-state index in [1.807, 2.05) is 5.10 Å². The molecular formula is C29H23F4N17O9. The van der Waals surface area contributed by atoms with Crippen LogP contribution in [-0.2, 0) is 14.1 Å². The number of aromatic nitrogens is 12. The summed E-state index contributed by atoms with van der Waals surface area (Å²) in [7, 11) is 2.81. The lowest BCUT2D eigenvalue weighted by molar-refractivity contribution is -0.385. The summed E-state index contributed by atoms with van der Waals surface area (Å²) in [6, 6.07) is 12.2. The number of hydrogen-bond acceptors (Lipinski definition) is 17. The van der Waals surface area contributed by atoms with E-state index in [4.69, 9.17) is 11.5 Å². The Hall–Kier alpha value is -8.99. The summed E-state index contributed by atoms with van der Waals surface area (Å²) in [5.74, 6) is -2.88. The normalized spacial score (nSPS) is 10.3. The predicted molar refractivity (Wildman–Crippen MR) is 190 cm³/mol. The first kappa shape index (κ1) is 42.7. The average molecular weight is 830 g/mol. The second-order valence-electron chi connectivity index (χ2n) is 11.1. The minimum Gasteiger partial charge on any atom is -0.399 e. The standard InChI is InChI=1S/C8H6FN5O3.C8H8FN5O.C7H4FN5O3.C6H5FN2O2/c1-12-8(15)13(11-10-12)6-2-5(9)3-7(4-6)14(16)17;1-13-8(15)14(12-11-13)7-3-5(9)2-6(10)4-7;8-4-1-5(3-6(2-4)13(15)16)12-7(14)9-10-11-12;7-4-1-5(8)3-6(2-4)9(10)11/h2-4H,1H3;2-4H,10H2,1H3;1-3H,(H,9,11,14);1-3H,8H2. The Bertz CT molecular complexity index is 2830. The van der Waals surface area contributed by atoms with Crippen molar-refractivity contribution in [1.82, 2.24) is 59.8 Å². The van der Waals surface area contributed by atoms with E-state index in [1.54, 1.807) is 0 Å². The molecule has 0 atom stereocenters. The highest BCUT2D eigenvalue weighted by atomic mass is 19.1. The number of nitrogens with two attached hydrogens (primary N) is 2. The van der Waals surface area contributed by atoms with Gasteiger partial charge in [-0.3, -0.25) is 30.3 Å². The molecule has 0 bridgehead atoms. The molecule has 7 aromatic rings. The summed E-state index contributed by atoms with van der Waals surface area (Å²) in [4.78, 5) is 62.9. The Morgan fingerprint density at radius 3 is 1.20 bits per heavy atom. The van der Waals surface area contributed by atoms with Crippen LogP contribution in [-0.4, -0.2) is 74.6 Å². The van der Waals surface area contributed by atoms with Crippen LogP contribution >= 0.6 is 0 Å². The van der Waals surface area contributed by atoms with Crippen molar-refractivity contribution < 1.29 is 32.3 Å². The summed E-state index contributed by atoms with van der Waals surface area (Å²) < 4.78 is 56.0. The van der Waals surface area contributed by atoms with E-state index in [1.165, 1.54) is 20.2 Å². The van der Waals surface area contributed by atoms with Gasteiger partial charge in [0.1, 0.15) is 23.3 Å². The Labute approximate surface area is 321 Å². The van der Waals surface area contributed by atoms with Crippen LogP contribution in [0.1, 0.15) is 0 Å². The van der Waals surface area contributed by atoms with Crippen molar-refractivity contribution in [2.24, 2.45) is 14.1 Å². The van der Waals surface area contributed by atoms with Crippen LogP contribution in [0.3, 0.4) is 0 Å². The van der Waals surface area contributed by atoms with Crippen LogP contribution in [0.25, 0.3) is 17.1 Å². The average Bonchev–Trinajstić information content (AvgIpc) is 3.84. The molecule has 5 N–H and O–H groups in total. The van der Waals surface area contributed by atoms with Gasteiger partial charge in [0.15, 0.2) is 0 Å². The number of nitrogen functional groups attached to an aromatic ring is 2. The number of rotatable bonds is 6. The van der Waals surface area contributed by atoms with E-state index in [9.17, 15) is 62.3 Å². The predicted octanol–water partition coefficient (Wildman–Crippen LogP) is 1.02. The fourth-order valence-corrected chi connectivity index (χ4v) is 4.31. The van der Waals surface area contributed by atoms with Gasteiger partial charge in [-0.2, -0.15) is 23.4 Å². The quantitative estimate of drug-likeness (QED) is 0.0911. The number of nitrogens with zero attached hydrogens (tertiary/aromatic N) is 14. The summed E-state index contributed by atoms with van der Waals surface area (Å²) in [5.41, 5.74) is 7.97. The zero-order valence-electron chi connectivity index (χ0n) is 29.5. The van der Waals surface area contributed by atoms with Crippen LogP contribution < -0.4 is 28.5 Å². The van der Waals surface area contributed by atoms with Gasteiger partial charge in [0.25, 0.3) is 17.1 Å². The number of aryl methyl sites for hydroxylation is 2. The van der Waals surface area contributed by atoms with Crippen LogP contribution in [0.2, 0.25) is 0 Å². The van der Waals surface area contributed by atoms with E-state index in [2.05, 4.69) is 31.3 Å². The number of nitro benzene ring substituents is 3. The van der Waals surface area contributed by atoms with E-state index < -0.39 is 66.5 Å². The maximum Gasteiger partial charge on any atom is 0.368 e. The van der Waals surface area contributed by atoms with E-state index in [0.717, 1.165) is 90.1 Å². The van der Waals surface area contributed by atoms with Crippen molar-refractivity contribution >= 4 is 28.4 Å². The van der Waals surface area contributed by atoms with Crippen LogP contribution in [0.15, 0.2) is 87.2 Å². The molecular weight excluding hydrogens is 806 g/mol. The van der Waals surface area contributed by atoms with Crippen molar-refractivity contribution in [3.05, 3.63) is 158 Å². The number of nitro groups is 3. The highest BCUT2D eigenvalue weighted by molar-refractivity contribution is 5.48. The largest absolute Gasteiger partial charge is 0.399 e. The van der Waals surface area contributed by atoms with Crippen molar-refractivity contribution in [3.63, 3.8) is 0 Å². The topological polar surface area (TPSA) is 350 Å². The monoisotopic (exact) mass is 829 g/mol. The van der Waals surface area contributed by atoms with E-state index in [0.29, 0.717) is 0 Å². The zero-order chi connectivity index (χ0) is 43.7. The van der Waals surface area contributed by atoms with Gasteiger partial charge in [-0.25, -0.2) is 37.0 Å². The molecule has 0 unspecified atom stereocenters. The Morgan fingerprint density at radius 1 is 0.508 bits per heavy atom. The molecule has 0 aliphatic heterocycles. The minimum atomic E-state index is -0.834. The first-order valence-corrected chi connectivity index (χ1v) is 15.4. The van der Waals surface area contributed by atoms with E-state index >= 15 is 0 Å². The SMILES string of the molecule is Cn1nnn(-c2cc(F)cc([N+](=O)[O-])c2)c1=O.Cn1nnn(-c2cc(N)cc(F)c2)c1=O.Nc1cc(F)cc([N+](=O)[O-])c1.O=c1[nH]nnn1-c1cc(F)cc([N+](=O)[O-])c1. The molecule has 7 rings (SSSR count). The fourth-order valence-electron chi connectivity index (χ4n) is 4.31. The second kappa shape index (κ2) is 18.1. The van der Waals surface area contributed by atoms with Crippen LogP contribution in [0.5, 0.6) is 0 Å². The number of halogens is 4. The third-order valence-corrected chi connectivity index (χ3v) is 6.83. The Kier molecular flexibility index (Phi) is 13.1. The molecule has 0 spiro atoms. The van der Waals surface area contributed by atoms with E-state index in [-0.39, 0.29) is 34.1 Å². The molecule has 0 amide bonds. The second-order valence-corrected chi connectivity index (χ2v) is 11.1. The summed E-state index contributed by atoms with van der Waals surface area (Å²) in [6.45, 7) is 0. The van der Waals surface area contributed by atoms with Gasteiger partial charge >= 0.3 is 17.1 Å². The van der Waals surface area contributed by atoms with Gasteiger partial charge < -0.3 is 11.5 Å². The van der Waals surface area contributed by atoms with Crippen molar-refractivity contribution in [1.29, 1.82) is 0 Å². The number of H-pyrrole nitrogens is 1. The molecule has 0 fully saturated rings. The van der Waals surface area contributed by atoms with Gasteiger partial charge in [0.05, 0.1) is 50.0 Å². The molecule has 0 aliphatic carbocycles. The summed E-state index contributed by atoms with van der Waals surface area (Å²) in [5, 5.41) is 53.5. The molecule has 3 aromatic heterocycles. The zero-order valence-corrected chi connectivity index (χ0v) is 29.5. The fraction of sp³-hybridized carbons (Fsp3) is 0.0690. The maximum absolute atomic E-state index is 13.1. The van der Waals surface area contributed by atoms with Gasteiger partial charge in [-0.1, -0.05) is 0 Å². The molecule has 26 nitrogen and oxygen atoms in total. The lowest BCUT2D eigenvalue weighted by Crippen LogP contribution is -2.22. The molecule has 0 aliphatic rings. The number of nitrogens with one attached hydrogen (secondary N) is 1. The van der Waals surface area contributed by atoms with Gasteiger partial charge in [-0.05, 0) is 55.5 Å². The number of aromatic amines is 1. The molecule has 4 aromatic carbocycles. The summed E-state index contributed by atoms with van der Waals surface area (Å²) >= 11 is 0. The first-order chi connectivity index (χ1) is 27.7. The number of hydrogen-bond donors (Lipinski definition) is 3. The summed E-state index contributed by atoms with van der Waals surface area (Å²) in [6.07, 6.45) is 0. The maximum atomic E-state index is 13.1. The molecule has 306 valence electrons. The number of non-ortho nitro benzene ring substituents is 3. The number of tetrazole rings is 3. The Morgan fingerprint density at radius 2 is 0.864 bits per heavy atom. The molecule has 0 saturated carbocycles. The van der Waals surface area contributed by atoms with Crippen LogP contribution in [0, 0.1) is 53.6 Å². The Balaban J connectivity index is 0.000000176. The van der Waals surface area contributed by atoms with Crippen molar-refractivity contribution in [2.45, 2.75) is 0 Å². The minimum absolute atomic E-state index is 0.0465. The third-order valence-electron chi connectivity index (χ3n) is 6.83. The molecule has 30 heteroatoms. The van der Waals surface area contributed by atoms with Crippen molar-refractivity contribution in [3.8, 4) is 17.1 Å². The van der Waals surface area contributed by atoms with Gasteiger partial charge in [0, 0.05) is 55.8 Å².